The van der Waals surface area contributed by atoms with Gasteiger partial charge in [0.05, 0.1) is 46.5 Å². The Morgan fingerprint density at radius 1 is 0.302 bits per heavy atom. The van der Waals surface area contributed by atoms with Gasteiger partial charge in [0.1, 0.15) is 5.69 Å². The van der Waals surface area contributed by atoms with Crippen molar-refractivity contribution >= 4 is 27.5 Å². The van der Waals surface area contributed by atoms with Crippen molar-refractivity contribution in [3.8, 4) is 158 Å². The monoisotopic (exact) mass is 2320 g/mol. The third-order valence-electron chi connectivity index (χ3n) is 23.1. The number of para-hydroxylation sites is 2. The molecule has 15 heteroatoms. The van der Waals surface area contributed by atoms with E-state index in [0.29, 0.717) is 22.9 Å². The second-order valence-electron chi connectivity index (χ2n) is 32.7. The molecule has 2 radical (unpaired) electrons. The van der Waals surface area contributed by atoms with Gasteiger partial charge in [-0.15, -0.1) is 161 Å². The second kappa shape index (κ2) is 46.8. The maximum Gasteiger partial charge on any atom is 2.00 e. The Kier molecular flexibility index (Phi) is 32.8. The molecule has 0 saturated heterocycles. The molecule has 0 amide bonds. The number of nitrogens with zero attached hydrogens (tertiary/aromatic N) is 12. The molecule has 0 saturated carbocycles. The first-order valence-corrected chi connectivity index (χ1v) is 44.7. The van der Waals surface area contributed by atoms with Gasteiger partial charge in [-0.2, -0.15) is 11.3 Å². The Bertz CT molecular complexity index is 7520. The van der Waals surface area contributed by atoms with Crippen molar-refractivity contribution in [3.63, 3.8) is 0 Å². The van der Waals surface area contributed by atoms with Crippen molar-refractivity contribution in [2.45, 2.75) is 33.1 Å². The molecule has 0 fully saturated rings. The molecular formula is C124H87Ir2N12Pt-3. The number of fused-ring (bicyclic) bond motifs is 3. The predicted molar refractivity (Wildman–Crippen MR) is 551 cm³/mol. The third kappa shape index (κ3) is 23.8. The van der Waals surface area contributed by atoms with Crippen LogP contribution in [0.5, 0.6) is 0 Å². The van der Waals surface area contributed by atoms with Gasteiger partial charge in [0.25, 0.3) is 0 Å². The van der Waals surface area contributed by atoms with Crippen molar-refractivity contribution in [2.75, 3.05) is 0 Å². The summed E-state index contributed by atoms with van der Waals surface area (Å²) < 4.78 is 2.37. The summed E-state index contributed by atoms with van der Waals surface area (Å²) in [6.07, 6.45) is 3.61. The van der Waals surface area contributed by atoms with Gasteiger partial charge in [0, 0.05) is 125 Å². The topological polar surface area (TPSA) is 149 Å². The van der Waals surface area contributed by atoms with E-state index in [4.69, 9.17) is 36.5 Å². The molecule has 22 rings (SSSR count). The quantitative estimate of drug-likeness (QED) is 0.0856. The number of benzene rings is 14. The smallest absolute Gasteiger partial charge is 0.309 e. The Morgan fingerprint density at radius 2 is 0.727 bits per heavy atom. The molecule has 8 aromatic heterocycles. The van der Waals surface area contributed by atoms with Crippen LogP contribution in [0, 0.1) is 62.1 Å². The minimum Gasteiger partial charge on any atom is -0.309 e. The molecule has 0 unspecified atom stereocenters. The van der Waals surface area contributed by atoms with E-state index in [1.165, 1.54) is 38.5 Å². The first kappa shape index (κ1) is 97.3. The first-order valence-electron chi connectivity index (χ1n) is 44.7. The van der Waals surface area contributed by atoms with Crippen molar-refractivity contribution in [1.29, 1.82) is 5.26 Å². The Balaban J connectivity index is 0.000000154. The number of aryl methyl sites for hydroxylation is 2. The van der Waals surface area contributed by atoms with Crippen LogP contribution in [0.1, 0.15) is 42.1 Å². The summed E-state index contributed by atoms with van der Waals surface area (Å²) in [7, 11) is 0. The van der Waals surface area contributed by atoms with Crippen molar-refractivity contribution in [2.24, 2.45) is 0 Å². The minimum atomic E-state index is -0.462. The fourth-order valence-corrected chi connectivity index (χ4v) is 16.1. The van der Waals surface area contributed by atoms with E-state index >= 15 is 0 Å². The molecule has 139 heavy (non-hydrogen) atoms. The number of hydrogen-bond donors (Lipinski definition) is 0. The van der Waals surface area contributed by atoms with E-state index in [-0.39, 0.29) is 61.3 Å². The molecule has 0 aliphatic rings. The van der Waals surface area contributed by atoms with Crippen molar-refractivity contribution < 1.29 is 61.3 Å². The van der Waals surface area contributed by atoms with Gasteiger partial charge in [-0.25, -0.2) is 19.9 Å². The van der Waals surface area contributed by atoms with Gasteiger partial charge < -0.3 is 29.5 Å². The number of nitriles is 1. The van der Waals surface area contributed by atoms with E-state index < -0.39 is 5.41 Å². The third-order valence-corrected chi connectivity index (χ3v) is 23.1. The van der Waals surface area contributed by atoms with Crippen LogP contribution in [0.4, 0.5) is 5.69 Å². The van der Waals surface area contributed by atoms with E-state index in [1.54, 1.807) is 42.6 Å². The van der Waals surface area contributed by atoms with E-state index in [9.17, 15) is 5.26 Å². The molecule has 0 aliphatic carbocycles. The number of aromatic nitrogens is 10. The Labute approximate surface area is 852 Å². The molecule has 0 aliphatic heterocycles. The predicted octanol–water partition coefficient (Wildman–Crippen LogP) is 30.1. The van der Waals surface area contributed by atoms with Crippen LogP contribution in [0.2, 0.25) is 0 Å². The average molecular weight is 2320 g/mol. The summed E-state index contributed by atoms with van der Waals surface area (Å²) in [5.41, 5.74) is 30.9. The number of rotatable bonds is 16. The molecule has 12 nitrogen and oxygen atoms in total. The summed E-state index contributed by atoms with van der Waals surface area (Å²) in [4.78, 5) is 47.1. The van der Waals surface area contributed by atoms with Crippen LogP contribution in [0.25, 0.3) is 179 Å². The molecule has 0 spiro atoms. The molecule has 674 valence electrons. The van der Waals surface area contributed by atoms with Crippen molar-refractivity contribution in [3.05, 3.63) is 525 Å². The molecular weight excluding hydrogens is 2240 g/mol. The summed E-state index contributed by atoms with van der Waals surface area (Å²) in [6.45, 7) is 15.5. The molecule has 22 aromatic rings. The maximum atomic E-state index is 9.18. The zero-order valence-electron chi connectivity index (χ0n) is 76.2. The Morgan fingerprint density at radius 3 is 1.24 bits per heavy atom. The molecule has 14 aromatic carbocycles. The van der Waals surface area contributed by atoms with Gasteiger partial charge in [0.2, 0.25) is 0 Å². The van der Waals surface area contributed by atoms with Gasteiger partial charge in [-0.3, -0.25) is 4.85 Å². The number of pyridine rings is 5. The first-order chi connectivity index (χ1) is 66.9. The fraction of sp³-hybridized carbons (Fsp3) is 0.0403. The SMILES string of the molecule is Cc1cccc(-c2[c-]cccc2)n1.Cc1cccnc1-c1[c-]cccc1.[C-]#[N+]c1cc[c-]c(-c2cccc(C(C)(C)c3cccc(-c4[c-]ccc(C#N)c4)n3)n2)c1.[Ir].[Ir].[Pt+2].[c-]1ccc(-c2ccccc2)cc1-c1ccccn1.c1ccc(-c2cc(-c3cc(-c4cccc(-n5c6ccccc6c6ccccc65)c4)cc(-c4cc(-c5ccccc5)nc(-c5ccccc5)n4)c3)nc(-c3ccccc3)n2)cc1. The number of hydrogen-bond acceptors (Lipinski definition) is 10. The Hall–Kier alpha value is -16.2. The van der Waals surface area contributed by atoms with Gasteiger partial charge >= 0.3 is 21.1 Å². The summed E-state index contributed by atoms with van der Waals surface area (Å²) in [6, 6.07) is 167. The van der Waals surface area contributed by atoms with E-state index in [2.05, 4.69) is 264 Å². The summed E-state index contributed by atoms with van der Waals surface area (Å²) in [5.74, 6) is 1.33. The molecule has 0 atom stereocenters. The van der Waals surface area contributed by atoms with Crippen LogP contribution in [0.3, 0.4) is 0 Å². The standard InChI is InChI=1S/C56H37N5.C27H18N4.C17H12N.2C12H10N.2Ir.Pt/c1-5-18-38(19-6-1)49-36-51(59-55(57-49)40-22-9-3-10-23-40)44-32-43(42-26-17-27-46(35-42)61-53-30-15-13-28-47(53)48-29-14-16-31-54(48)61)33-45(34-44)52-37-50(39-20-7-2-8-21-39)58-56(60-52)41-24-11-4-12-25-41;1-27(2,25-14-6-12-23(30-25)20-9-4-8-19(16-20)18-28)26-15-7-13-24(31-26)21-10-5-11-22(17-21)29-3;1-2-7-14(8-3-1)15-9-6-10-16(13-15)17-11-4-5-12-18-17;1-10-6-5-9-13-12(10)11-7-3-2-4-8-11;1-10-6-5-9-12(13-10)11-7-3-2-4-8-11;;;/h1-37H;4-8,11-17H,1-2H3;1-9,11-13H;2*2-7,9H,1H3;;;/q;-2;3*-1;;;+2. The summed E-state index contributed by atoms with van der Waals surface area (Å²) in [5, 5.41) is 11.6. The average Bonchev–Trinajstić information content (AvgIpc) is 1.58. The zero-order valence-corrected chi connectivity index (χ0v) is 83.2. The summed E-state index contributed by atoms with van der Waals surface area (Å²) >= 11 is 0. The fourth-order valence-electron chi connectivity index (χ4n) is 16.1. The van der Waals surface area contributed by atoms with E-state index in [1.807, 2.05) is 238 Å². The van der Waals surface area contributed by atoms with Crippen LogP contribution < -0.4 is 0 Å². The van der Waals surface area contributed by atoms with Crippen LogP contribution in [-0.4, -0.2) is 49.4 Å². The van der Waals surface area contributed by atoms with Gasteiger partial charge in [-0.05, 0) is 163 Å². The van der Waals surface area contributed by atoms with Crippen molar-refractivity contribution in [1.82, 2.24) is 49.4 Å². The zero-order chi connectivity index (χ0) is 92.8. The largest absolute Gasteiger partial charge is 2.00 e. The van der Waals surface area contributed by atoms with Crippen LogP contribution in [-0.2, 0) is 66.7 Å². The van der Waals surface area contributed by atoms with Crippen LogP contribution >= 0.6 is 0 Å². The minimum absolute atomic E-state index is 0. The van der Waals surface area contributed by atoms with Gasteiger partial charge in [-0.1, -0.05) is 260 Å². The molecule has 0 bridgehead atoms. The second-order valence-corrected chi connectivity index (χ2v) is 32.7. The van der Waals surface area contributed by atoms with E-state index in [0.717, 1.165) is 146 Å². The van der Waals surface area contributed by atoms with Gasteiger partial charge in [0.15, 0.2) is 11.6 Å². The maximum absolute atomic E-state index is 9.18. The molecule has 0 N–H and O–H groups in total. The normalized spacial score (nSPS) is 10.5. The molecule has 8 heterocycles. The van der Waals surface area contributed by atoms with Crippen LogP contribution in [0.15, 0.2) is 455 Å².